The van der Waals surface area contributed by atoms with Crippen molar-refractivity contribution in [3.63, 3.8) is 0 Å². The van der Waals surface area contributed by atoms with Gasteiger partial charge in [0.05, 0.1) is 23.5 Å². The van der Waals surface area contributed by atoms with Crippen LogP contribution < -0.4 is 0 Å². The molecule has 0 amide bonds. The number of aromatic carboxylic acids is 1. The molecule has 0 aliphatic heterocycles. The van der Waals surface area contributed by atoms with Crippen LogP contribution in [0.1, 0.15) is 54.2 Å². The highest BCUT2D eigenvalue weighted by Crippen LogP contribution is 2.30. The van der Waals surface area contributed by atoms with Crippen LogP contribution in [0.25, 0.3) is 11.0 Å². The fourth-order valence-electron chi connectivity index (χ4n) is 2.88. The molecule has 0 spiro atoms. The lowest BCUT2D eigenvalue weighted by atomic mass is 9.96. The SMILES string of the molecule is Cc1nc2c(cnn2C2CCCCC2)cc1C(=O)O. The van der Waals surface area contributed by atoms with Crippen LogP contribution >= 0.6 is 0 Å². The summed E-state index contributed by atoms with van der Waals surface area (Å²) >= 11 is 0. The minimum absolute atomic E-state index is 0.260. The molecular weight excluding hydrogens is 242 g/mol. The van der Waals surface area contributed by atoms with Crippen LogP contribution in [-0.2, 0) is 0 Å². The molecule has 0 radical (unpaired) electrons. The molecular formula is C14H17N3O2. The quantitative estimate of drug-likeness (QED) is 0.900. The van der Waals surface area contributed by atoms with Crippen LogP contribution in [-0.4, -0.2) is 25.8 Å². The van der Waals surface area contributed by atoms with Crippen LogP contribution in [0.4, 0.5) is 0 Å². The van der Waals surface area contributed by atoms with Crippen molar-refractivity contribution >= 4 is 17.0 Å². The first-order valence-electron chi connectivity index (χ1n) is 6.75. The number of hydrogen-bond acceptors (Lipinski definition) is 3. The summed E-state index contributed by atoms with van der Waals surface area (Å²) < 4.78 is 1.98. The summed E-state index contributed by atoms with van der Waals surface area (Å²) in [5.41, 5.74) is 1.63. The number of carboxylic acid groups (broad SMARTS) is 1. The monoisotopic (exact) mass is 259 g/mol. The molecule has 1 fully saturated rings. The average molecular weight is 259 g/mol. The summed E-state index contributed by atoms with van der Waals surface area (Å²) in [4.78, 5) is 15.6. The van der Waals surface area contributed by atoms with Crippen molar-refractivity contribution < 1.29 is 9.90 Å². The van der Waals surface area contributed by atoms with Crippen LogP contribution in [0.5, 0.6) is 0 Å². The Kier molecular flexibility index (Phi) is 2.97. The maximum absolute atomic E-state index is 11.1. The van der Waals surface area contributed by atoms with Crippen LogP contribution in [0.3, 0.4) is 0 Å². The number of carbonyl (C=O) groups is 1. The van der Waals surface area contributed by atoms with Crippen molar-refractivity contribution in [1.82, 2.24) is 14.8 Å². The van der Waals surface area contributed by atoms with E-state index in [1.165, 1.54) is 19.3 Å². The zero-order chi connectivity index (χ0) is 13.4. The Morgan fingerprint density at radius 3 is 2.79 bits per heavy atom. The maximum atomic E-state index is 11.1. The van der Waals surface area contributed by atoms with E-state index < -0.39 is 5.97 Å². The van der Waals surface area contributed by atoms with Crippen LogP contribution in [0.2, 0.25) is 0 Å². The number of pyridine rings is 1. The standard InChI is InChI=1S/C14H17N3O2/c1-9-12(14(18)19)7-10-8-15-17(13(10)16-9)11-5-3-2-4-6-11/h7-8,11H,2-6H2,1H3,(H,18,19). The number of aromatic nitrogens is 3. The molecule has 1 aliphatic rings. The predicted octanol–water partition coefficient (Wildman–Crippen LogP) is 2.94. The van der Waals surface area contributed by atoms with Gasteiger partial charge in [-0.15, -0.1) is 0 Å². The predicted molar refractivity (Wildman–Crippen MR) is 71.3 cm³/mol. The molecule has 5 nitrogen and oxygen atoms in total. The normalized spacial score (nSPS) is 16.9. The van der Waals surface area contributed by atoms with Crippen LogP contribution in [0.15, 0.2) is 12.3 Å². The minimum atomic E-state index is -0.933. The molecule has 1 saturated carbocycles. The fraction of sp³-hybridized carbons (Fsp3) is 0.500. The van der Waals surface area contributed by atoms with Gasteiger partial charge in [-0.05, 0) is 25.8 Å². The third-order valence-electron chi connectivity index (χ3n) is 3.91. The van der Waals surface area contributed by atoms with Crippen molar-refractivity contribution in [2.24, 2.45) is 0 Å². The average Bonchev–Trinajstić information content (AvgIpc) is 2.81. The lowest BCUT2D eigenvalue weighted by Crippen LogP contribution is -2.14. The third kappa shape index (κ3) is 2.09. The molecule has 19 heavy (non-hydrogen) atoms. The van der Waals surface area contributed by atoms with E-state index in [2.05, 4.69) is 10.1 Å². The van der Waals surface area contributed by atoms with Gasteiger partial charge in [0.2, 0.25) is 0 Å². The molecule has 3 rings (SSSR count). The van der Waals surface area contributed by atoms with E-state index in [9.17, 15) is 4.79 Å². The summed E-state index contributed by atoms with van der Waals surface area (Å²) in [5, 5.41) is 14.3. The smallest absolute Gasteiger partial charge is 0.337 e. The first-order valence-corrected chi connectivity index (χ1v) is 6.75. The highest BCUT2D eigenvalue weighted by Gasteiger charge is 2.20. The molecule has 0 saturated heterocycles. The number of aryl methyl sites for hydroxylation is 1. The van der Waals surface area contributed by atoms with E-state index in [1.807, 2.05) is 4.68 Å². The largest absolute Gasteiger partial charge is 0.478 e. The van der Waals surface area contributed by atoms with E-state index in [-0.39, 0.29) is 5.56 Å². The third-order valence-corrected chi connectivity index (χ3v) is 3.91. The molecule has 100 valence electrons. The van der Waals surface area contributed by atoms with Gasteiger partial charge in [0.1, 0.15) is 0 Å². The number of fused-ring (bicyclic) bond motifs is 1. The molecule has 0 atom stereocenters. The van der Waals surface area contributed by atoms with Gasteiger partial charge in [-0.2, -0.15) is 5.10 Å². The van der Waals surface area contributed by atoms with Gasteiger partial charge in [0.25, 0.3) is 0 Å². The first-order chi connectivity index (χ1) is 9.16. The topological polar surface area (TPSA) is 68.0 Å². The lowest BCUT2D eigenvalue weighted by molar-refractivity contribution is 0.0696. The van der Waals surface area contributed by atoms with Crippen LogP contribution in [0, 0.1) is 6.92 Å². The van der Waals surface area contributed by atoms with Gasteiger partial charge in [0, 0.05) is 5.39 Å². The first kappa shape index (κ1) is 12.1. The molecule has 0 bridgehead atoms. The van der Waals surface area contributed by atoms with Gasteiger partial charge in [0.15, 0.2) is 5.65 Å². The zero-order valence-corrected chi connectivity index (χ0v) is 11.0. The van der Waals surface area contributed by atoms with E-state index in [0.29, 0.717) is 11.7 Å². The van der Waals surface area contributed by atoms with Crippen molar-refractivity contribution in [1.29, 1.82) is 0 Å². The number of hydrogen-bond donors (Lipinski definition) is 1. The molecule has 0 unspecified atom stereocenters. The van der Waals surface area contributed by atoms with Gasteiger partial charge < -0.3 is 5.11 Å². The molecule has 2 heterocycles. The van der Waals surface area contributed by atoms with E-state index in [4.69, 9.17) is 5.11 Å². The summed E-state index contributed by atoms with van der Waals surface area (Å²) in [7, 11) is 0. The van der Waals surface area contributed by atoms with E-state index >= 15 is 0 Å². The fourth-order valence-corrected chi connectivity index (χ4v) is 2.88. The second kappa shape index (κ2) is 4.64. The highest BCUT2D eigenvalue weighted by molar-refractivity contribution is 5.93. The van der Waals surface area contributed by atoms with Gasteiger partial charge in [-0.25, -0.2) is 14.5 Å². The second-order valence-corrected chi connectivity index (χ2v) is 5.22. The molecule has 0 aromatic carbocycles. The van der Waals surface area contributed by atoms with Crippen molar-refractivity contribution in [2.45, 2.75) is 45.1 Å². The molecule has 1 N–H and O–H groups in total. The molecule has 5 heteroatoms. The Balaban J connectivity index is 2.07. The Morgan fingerprint density at radius 1 is 1.37 bits per heavy atom. The molecule has 1 aliphatic carbocycles. The highest BCUT2D eigenvalue weighted by atomic mass is 16.4. The van der Waals surface area contributed by atoms with Gasteiger partial charge in [-0.3, -0.25) is 0 Å². The Hall–Kier alpha value is -1.91. The number of rotatable bonds is 2. The van der Waals surface area contributed by atoms with E-state index in [1.54, 1.807) is 19.2 Å². The summed E-state index contributed by atoms with van der Waals surface area (Å²) in [6.07, 6.45) is 7.76. The molecule has 2 aromatic heterocycles. The summed E-state index contributed by atoms with van der Waals surface area (Å²) in [5.74, 6) is -0.933. The molecule has 2 aromatic rings. The summed E-state index contributed by atoms with van der Waals surface area (Å²) in [6.45, 7) is 1.74. The van der Waals surface area contributed by atoms with Gasteiger partial charge in [-0.1, -0.05) is 19.3 Å². The maximum Gasteiger partial charge on any atom is 0.337 e. The minimum Gasteiger partial charge on any atom is -0.478 e. The lowest BCUT2D eigenvalue weighted by Gasteiger charge is -2.22. The van der Waals surface area contributed by atoms with Crippen molar-refractivity contribution in [3.8, 4) is 0 Å². The zero-order valence-electron chi connectivity index (χ0n) is 11.0. The van der Waals surface area contributed by atoms with Crippen molar-refractivity contribution in [2.75, 3.05) is 0 Å². The van der Waals surface area contributed by atoms with E-state index in [0.717, 1.165) is 23.9 Å². The van der Waals surface area contributed by atoms with Gasteiger partial charge >= 0.3 is 5.97 Å². The Bertz CT molecular complexity index is 627. The Morgan fingerprint density at radius 2 is 2.11 bits per heavy atom. The second-order valence-electron chi connectivity index (χ2n) is 5.22. The Labute approximate surface area is 111 Å². The summed E-state index contributed by atoms with van der Waals surface area (Å²) in [6, 6.07) is 2.08. The number of carboxylic acids is 1. The number of nitrogens with zero attached hydrogens (tertiary/aromatic N) is 3. The van der Waals surface area contributed by atoms with Crippen molar-refractivity contribution in [3.05, 3.63) is 23.5 Å².